The van der Waals surface area contributed by atoms with Gasteiger partial charge in [0.15, 0.2) is 0 Å². The monoisotopic (exact) mass is 327 g/mol. The summed E-state index contributed by atoms with van der Waals surface area (Å²) in [5.41, 5.74) is 0.0819. The number of carbonyl (C=O) groups is 2. The first kappa shape index (κ1) is 18.7. The normalized spacial score (nSPS) is 12.2. The molecule has 1 aromatic rings. The smallest absolute Gasteiger partial charge is 0.408 e. The molecule has 0 spiro atoms. The van der Waals surface area contributed by atoms with Crippen LogP contribution in [0.4, 0.5) is 9.18 Å². The van der Waals surface area contributed by atoms with Gasteiger partial charge in [0.05, 0.1) is 7.11 Å². The number of carbonyl (C=O) groups excluding carboxylic acids is 2. The van der Waals surface area contributed by atoms with Gasteiger partial charge in [0.25, 0.3) is 0 Å². The third-order valence-electron chi connectivity index (χ3n) is 2.76. The van der Waals surface area contributed by atoms with Gasteiger partial charge in [-0.25, -0.2) is 14.0 Å². The van der Waals surface area contributed by atoms with E-state index < -0.39 is 30.6 Å². The molecule has 0 aliphatic heterocycles. The van der Waals surface area contributed by atoms with Gasteiger partial charge in [-0.15, -0.1) is 0 Å². The number of rotatable bonds is 6. The van der Waals surface area contributed by atoms with Crippen LogP contribution in [0.5, 0.6) is 5.75 Å². The van der Waals surface area contributed by atoms with E-state index >= 15 is 0 Å². The maximum atomic E-state index is 12.1. The molecule has 0 saturated carbocycles. The van der Waals surface area contributed by atoms with E-state index in [0.29, 0.717) is 5.75 Å². The van der Waals surface area contributed by atoms with Gasteiger partial charge in [0.2, 0.25) is 6.86 Å². The van der Waals surface area contributed by atoms with Crippen molar-refractivity contribution in [2.45, 2.75) is 38.8 Å². The second-order valence-electron chi connectivity index (χ2n) is 5.82. The van der Waals surface area contributed by atoms with Gasteiger partial charge >= 0.3 is 12.1 Å². The maximum absolute atomic E-state index is 12.1. The van der Waals surface area contributed by atoms with E-state index in [1.54, 1.807) is 45.0 Å². The molecule has 1 rings (SSSR count). The molecule has 0 heterocycles. The molecule has 0 radical (unpaired) electrons. The van der Waals surface area contributed by atoms with Crippen molar-refractivity contribution in [2.24, 2.45) is 0 Å². The molecule has 0 aliphatic carbocycles. The van der Waals surface area contributed by atoms with Crippen LogP contribution in [-0.4, -0.2) is 37.7 Å². The van der Waals surface area contributed by atoms with E-state index in [0.717, 1.165) is 5.56 Å². The molecule has 0 aromatic heterocycles. The van der Waals surface area contributed by atoms with Gasteiger partial charge in [-0.1, -0.05) is 12.1 Å². The zero-order chi connectivity index (χ0) is 17.5. The molecule has 0 unspecified atom stereocenters. The number of amides is 1. The predicted molar refractivity (Wildman–Crippen MR) is 81.9 cm³/mol. The van der Waals surface area contributed by atoms with E-state index in [-0.39, 0.29) is 6.42 Å². The fraction of sp³-hybridized carbons (Fsp3) is 0.500. The zero-order valence-corrected chi connectivity index (χ0v) is 13.7. The SMILES string of the molecule is COC(=O)[C@@H](Cc1ccc(OCF)cc1)NC(=O)OC(C)(C)C. The minimum atomic E-state index is -0.912. The second-order valence-corrected chi connectivity index (χ2v) is 5.82. The van der Waals surface area contributed by atoms with Crippen molar-refractivity contribution in [1.29, 1.82) is 0 Å². The van der Waals surface area contributed by atoms with Crippen LogP contribution in [-0.2, 0) is 20.7 Å². The first-order valence-corrected chi connectivity index (χ1v) is 7.10. The quantitative estimate of drug-likeness (QED) is 0.813. The van der Waals surface area contributed by atoms with Crippen LogP contribution in [0.25, 0.3) is 0 Å². The van der Waals surface area contributed by atoms with Crippen molar-refractivity contribution in [2.75, 3.05) is 14.0 Å². The maximum Gasteiger partial charge on any atom is 0.408 e. The molecule has 128 valence electrons. The summed E-state index contributed by atoms with van der Waals surface area (Å²) >= 11 is 0. The van der Waals surface area contributed by atoms with Crippen molar-refractivity contribution in [1.82, 2.24) is 5.32 Å². The number of nitrogens with one attached hydrogen (secondary N) is 1. The Balaban J connectivity index is 2.74. The Morgan fingerprint density at radius 1 is 1.22 bits per heavy atom. The molecule has 0 fully saturated rings. The van der Waals surface area contributed by atoms with Gasteiger partial charge in [-0.2, -0.15) is 0 Å². The van der Waals surface area contributed by atoms with Crippen molar-refractivity contribution < 1.29 is 28.2 Å². The summed E-state index contributed by atoms with van der Waals surface area (Å²) in [5, 5.41) is 2.49. The lowest BCUT2D eigenvalue weighted by atomic mass is 10.1. The number of ether oxygens (including phenoxy) is 3. The number of hydrogen-bond donors (Lipinski definition) is 1. The first-order valence-electron chi connectivity index (χ1n) is 7.10. The molecule has 1 N–H and O–H groups in total. The highest BCUT2D eigenvalue weighted by atomic mass is 19.1. The van der Waals surface area contributed by atoms with Crippen LogP contribution in [0.1, 0.15) is 26.3 Å². The number of alkyl halides is 1. The first-order chi connectivity index (χ1) is 10.7. The summed E-state index contributed by atoms with van der Waals surface area (Å²) in [6.07, 6.45) is -0.493. The molecule has 6 nitrogen and oxygen atoms in total. The summed E-state index contributed by atoms with van der Waals surface area (Å²) in [7, 11) is 1.24. The lowest BCUT2D eigenvalue weighted by Gasteiger charge is -2.22. The Morgan fingerprint density at radius 2 is 1.83 bits per heavy atom. The molecule has 1 atom stereocenters. The van der Waals surface area contributed by atoms with E-state index in [4.69, 9.17) is 14.2 Å². The second kappa shape index (κ2) is 8.36. The number of alkyl carbamates (subject to hydrolysis) is 1. The molecule has 23 heavy (non-hydrogen) atoms. The Kier molecular flexibility index (Phi) is 6.81. The van der Waals surface area contributed by atoms with Crippen molar-refractivity contribution in [3.8, 4) is 5.75 Å². The molecule has 0 aliphatic rings. The Morgan fingerprint density at radius 3 is 2.30 bits per heavy atom. The van der Waals surface area contributed by atoms with E-state index in [1.165, 1.54) is 7.11 Å². The average molecular weight is 327 g/mol. The van der Waals surface area contributed by atoms with Crippen LogP contribution in [0.15, 0.2) is 24.3 Å². The Hall–Kier alpha value is -2.31. The average Bonchev–Trinajstić information content (AvgIpc) is 2.46. The molecular weight excluding hydrogens is 305 g/mol. The third-order valence-corrected chi connectivity index (χ3v) is 2.76. The Bertz CT molecular complexity index is 524. The summed E-state index contributed by atoms with van der Waals surface area (Å²) < 4.78 is 26.6. The molecule has 0 saturated heterocycles. The number of halogens is 1. The topological polar surface area (TPSA) is 73.9 Å². The highest BCUT2D eigenvalue weighted by molar-refractivity contribution is 5.81. The highest BCUT2D eigenvalue weighted by Gasteiger charge is 2.25. The number of methoxy groups -OCH3 is 1. The predicted octanol–water partition coefficient (Wildman–Crippen LogP) is 2.60. The van der Waals surface area contributed by atoms with Crippen LogP contribution in [0, 0.1) is 0 Å². The van der Waals surface area contributed by atoms with E-state index in [2.05, 4.69) is 5.32 Å². The van der Waals surface area contributed by atoms with Crippen molar-refractivity contribution in [3.63, 3.8) is 0 Å². The Labute approximate surface area is 134 Å². The summed E-state index contributed by atoms with van der Waals surface area (Å²) in [4.78, 5) is 23.6. The van der Waals surface area contributed by atoms with Crippen LogP contribution in [0.3, 0.4) is 0 Å². The largest absolute Gasteiger partial charge is 0.467 e. The minimum absolute atomic E-state index is 0.210. The van der Waals surface area contributed by atoms with E-state index in [1.807, 2.05) is 0 Å². The van der Waals surface area contributed by atoms with Crippen LogP contribution < -0.4 is 10.1 Å². The lowest BCUT2D eigenvalue weighted by Crippen LogP contribution is -2.45. The molecule has 1 amide bonds. The van der Waals surface area contributed by atoms with Crippen molar-refractivity contribution >= 4 is 12.1 Å². The number of hydrogen-bond acceptors (Lipinski definition) is 5. The third kappa shape index (κ3) is 6.99. The van der Waals surface area contributed by atoms with Gasteiger partial charge in [0, 0.05) is 6.42 Å². The van der Waals surface area contributed by atoms with Crippen LogP contribution in [0.2, 0.25) is 0 Å². The fourth-order valence-electron chi connectivity index (χ4n) is 1.81. The minimum Gasteiger partial charge on any atom is -0.467 e. The number of benzene rings is 1. The van der Waals surface area contributed by atoms with Gasteiger partial charge in [-0.3, -0.25) is 0 Å². The molecule has 1 aromatic carbocycles. The van der Waals surface area contributed by atoms with Crippen LogP contribution >= 0.6 is 0 Å². The molecular formula is C16H22FNO5. The standard InChI is InChI=1S/C16H22FNO5/c1-16(2,3)23-15(20)18-13(14(19)21-4)9-11-5-7-12(8-6-11)22-10-17/h5-8,13H,9-10H2,1-4H3,(H,18,20)/t13-/m1/s1. The highest BCUT2D eigenvalue weighted by Crippen LogP contribution is 2.14. The van der Waals surface area contributed by atoms with E-state index in [9.17, 15) is 14.0 Å². The zero-order valence-electron chi connectivity index (χ0n) is 13.7. The summed E-state index contributed by atoms with van der Waals surface area (Å²) in [6, 6.07) is 5.63. The van der Waals surface area contributed by atoms with Gasteiger partial charge in [-0.05, 0) is 38.5 Å². The number of esters is 1. The fourth-order valence-corrected chi connectivity index (χ4v) is 1.81. The summed E-state index contributed by atoms with van der Waals surface area (Å²) in [5.74, 6) is -0.203. The molecule has 0 bridgehead atoms. The molecule has 7 heteroatoms. The summed E-state index contributed by atoms with van der Waals surface area (Å²) in [6.45, 7) is 4.26. The van der Waals surface area contributed by atoms with Crippen molar-refractivity contribution in [3.05, 3.63) is 29.8 Å². The van der Waals surface area contributed by atoms with Gasteiger partial charge in [0.1, 0.15) is 17.4 Å². The van der Waals surface area contributed by atoms with Gasteiger partial charge < -0.3 is 19.5 Å². The lowest BCUT2D eigenvalue weighted by molar-refractivity contribution is -0.143.